The lowest BCUT2D eigenvalue weighted by Crippen LogP contribution is -2.60. The first-order chi connectivity index (χ1) is 18.0. The van der Waals surface area contributed by atoms with Crippen molar-refractivity contribution in [1.29, 1.82) is 0 Å². The molecule has 2 aliphatic heterocycles. The van der Waals surface area contributed by atoms with Crippen molar-refractivity contribution in [3.63, 3.8) is 0 Å². The minimum absolute atomic E-state index is 0.0725. The molecule has 10 heteroatoms. The van der Waals surface area contributed by atoms with Gasteiger partial charge >= 0.3 is 6.18 Å². The maximum absolute atomic E-state index is 13.7. The van der Waals surface area contributed by atoms with Crippen LogP contribution in [0.2, 0.25) is 0 Å². The Bertz CT molecular complexity index is 1240. The number of rotatable bonds is 6. The SMILES string of the molecule is Cc1c([C@@H](C)NC(=O)c2cn(C3CCOCC3)c(=O)cc2N[C@@H]2[C@@H]3C[C@H]2CN(C)C3)cccc1C(F)(F)F. The molecule has 38 heavy (non-hydrogen) atoms. The average molecular weight is 533 g/mol. The lowest BCUT2D eigenvalue weighted by molar-refractivity contribution is -0.138. The molecule has 7 nitrogen and oxygen atoms in total. The molecule has 4 atom stereocenters. The summed E-state index contributed by atoms with van der Waals surface area (Å²) < 4.78 is 47.5. The number of likely N-dealkylation sites (tertiary alicyclic amines) is 1. The summed E-state index contributed by atoms with van der Waals surface area (Å²) in [5.74, 6) is 0.456. The second-order valence-electron chi connectivity index (χ2n) is 11.0. The summed E-state index contributed by atoms with van der Waals surface area (Å²) in [6, 6.07) is 4.95. The molecule has 3 aliphatic rings. The standard InChI is InChI=1S/C28H35F3N4O3/c1-16-21(5-4-6-23(16)28(29,30)31)17(2)32-27(37)22-15-35(20-7-9-38-10-8-20)25(36)12-24(22)33-26-18-11-19(26)14-34(3)13-18/h4-6,12,15,17-20,26,33H,7-11,13-14H2,1-3H3,(H,32,37)/t17-,18-,19+,26-/m1/s1. The van der Waals surface area contributed by atoms with Crippen molar-refractivity contribution in [3.8, 4) is 0 Å². The van der Waals surface area contributed by atoms with E-state index in [9.17, 15) is 22.8 Å². The number of aromatic nitrogens is 1. The molecule has 3 heterocycles. The molecule has 1 aromatic carbocycles. The van der Waals surface area contributed by atoms with Crippen LogP contribution in [0.5, 0.6) is 0 Å². The van der Waals surface area contributed by atoms with Gasteiger partial charge in [0.2, 0.25) is 0 Å². The number of amides is 1. The summed E-state index contributed by atoms with van der Waals surface area (Å²) in [7, 11) is 2.10. The zero-order chi connectivity index (χ0) is 27.2. The second-order valence-corrected chi connectivity index (χ2v) is 11.0. The minimum Gasteiger partial charge on any atom is -0.381 e. The van der Waals surface area contributed by atoms with Gasteiger partial charge in [-0.2, -0.15) is 13.2 Å². The first-order valence-corrected chi connectivity index (χ1v) is 13.3. The van der Waals surface area contributed by atoms with Gasteiger partial charge in [0.15, 0.2) is 0 Å². The Labute approximate surface area is 220 Å². The van der Waals surface area contributed by atoms with Gasteiger partial charge in [0.1, 0.15) is 0 Å². The molecule has 1 amide bonds. The lowest BCUT2D eigenvalue weighted by atomic mass is 9.66. The van der Waals surface area contributed by atoms with E-state index >= 15 is 0 Å². The van der Waals surface area contributed by atoms with Crippen LogP contribution >= 0.6 is 0 Å². The fourth-order valence-electron chi connectivity index (χ4n) is 6.42. The number of pyridine rings is 1. The molecular weight excluding hydrogens is 497 g/mol. The summed E-state index contributed by atoms with van der Waals surface area (Å²) >= 11 is 0. The van der Waals surface area contributed by atoms with Gasteiger partial charge in [-0.3, -0.25) is 9.59 Å². The van der Waals surface area contributed by atoms with Crippen LogP contribution in [0.1, 0.15) is 65.3 Å². The third-order valence-corrected chi connectivity index (χ3v) is 8.44. The van der Waals surface area contributed by atoms with Gasteiger partial charge < -0.3 is 24.8 Å². The Morgan fingerprint density at radius 1 is 1.16 bits per heavy atom. The maximum Gasteiger partial charge on any atom is 0.416 e. The number of alkyl halides is 3. The molecule has 5 rings (SSSR count). The molecule has 1 aliphatic carbocycles. The van der Waals surface area contributed by atoms with Gasteiger partial charge in [-0.1, -0.05) is 12.1 Å². The molecule has 2 aromatic rings. The summed E-state index contributed by atoms with van der Waals surface area (Å²) in [5.41, 5.74) is 0.396. The Morgan fingerprint density at radius 2 is 1.84 bits per heavy atom. The van der Waals surface area contributed by atoms with Crippen molar-refractivity contribution < 1.29 is 22.7 Å². The van der Waals surface area contributed by atoms with E-state index in [0.29, 0.717) is 54.7 Å². The van der Waals surface area contributed by atoms with E-state index < -0.39 is 23.7 Å². The van der Waals surface area contributed by atoms with Crippen LogP contribution < -0.4 is 16.2 Å². The third-order valence-electron chi connectivity index (χ3n) is 8.44. The van der Waals surface area contributed by atoms with Crippen molar-refractivity contribution in [2.45, 2.75) is 57.4 Å². The zero-order valence-corrected chi connectivity index (χ0v) is 22.0. The number of piperidine rings is 2. The van der Waals surface area contributed by atoms with Crippen LogP contribution in [0, 0.1) is 18.8 Å². The Balaban J connectivity index is 1.44. The van der Waals surface area contributed by atoms with E-state index in [1.807, 2.05) is 0 Å². The molecule has 2 saturated heterocycles. The molecule has 1 saturated carbocycles. The van der Waals surface area contributed by atoms with Gasteiger partial charge in [-0.05, 0) is 69.2 Å². The van der Waals surface area contributed by atoms with Gasteiger partial charge in [-0.15, -0.1) is 0 Å². The summed E-state index contributed by atoms with van der Waals surface area (Å²) in [5, 5.41) is 6.39. The molecule has 0 unspecified atom stereocenters. The van der Waals surface area contributed by atoms with Gasteiger partial charge in [0.25, 0.3) is 11.5 Å². The van der Waals surface area contributed by atoms with Crippen molar-refractivity contribution in [2.75, 3.05) is 38.7 Å². The number of halogens is 3. The third kappa shape index (κ3) is 5.20. The van der Waals surface area contributed by atoms with Crippen LogP contribution in [0.3, 0.4) is 0 Å². The number of fused-ring (bicyclic) bond motifs is 2. The number of carbonyl (C=O) groups is 1. The zero-order valence-electron chi connectivity index (χ0n) is 22.0. The number of benzene rings is 1. The first kappa shape index (κ1) is 26.7. The van der Waals surface area contributed by atoms with E-state index in [2.05, 4.69) is 22.6 Å². The van der Waals surface area contributed by atoms with Crippen LogP contribution in [0.4, 0.5) is 18.9 Å². The lowest BCUT2D eigenvalue weighted by Gasteiger charge is -2.53. The van der Waals surface area contributed by atoms with Gasteiger partial charge in [0.05, 0.1) is 22.9 Å². The van der Waals surface area contributed by atoms with Gasteiger partial charge in [0, 0.05) is 50.7 Å². The second kappa shape index (κ2) is 10.4. The highest BCUT2D eigenvalue weighted by atomic mass is 19.4. The Hall–Kier alpha value is -2.85. The number of hydrogen-bond donors (Lipinski definition) is 2. The number of anilines is 1. The summed E-state index contributed by atoms with van der Waals surface area (Å²) in [4.78, 5) is 29.1. The average Bonchev–Trinajstić information content (AvgIpc) is 2.87. The predicted octanol–water partition coefficient (Wildman–Crippen LogP) is 4.38. The number of carbonyl (C=O) groups excluding carboxylic acids is 1. The summed E-state index contributed by atoms with van der Waals surface area (Å²) in [6.45, 7) is 6.11. The van der Waals surface area contributed by atoms with E-state index in [1.54, 1.807) is 23.8 Å². The van der Waals surface area contributed by atoms with Crippen molar-refractivity contribution in [3.05, 3.63) is 63.1 Å². The molecule has 206 valence electrons. The van der Waals surface area contributed by atoms with Crippen LogP contribution in [-0.2, 0) is 10.9 Å². The minimum atomic E-state index is -4.48. The number of nitrogens with one attached hydrogen (secondary N) is 2. The summed E-state index contributed by atoms with van der Waals surface area (Å²) in [6.07, 6.45) is -0.398. The molecule has 2 N–H and O–H groups in total. The van der Waals surface area contributed by atoms with E-state index in [1.165, 1.54) is 19.1 Å². The van der Waals surface area contributed by atoms with E-state index in [-0.39, 0.29) is 23.2 Å². The first-order valence-electron chi connectivity index (χ1n) is 13.3. The monoisotopic (exact) mass is 532 g/mol. The quantitative estimate of drug-likeness (QED) is 0.578. The Kier molecular flexibility index (Phi) is 7.30. The molecule has 3 fully saturated rings. The van der Waals surface area contributed by atoms with Crippen LogP contribution in [0.25, 0.3) is 0 Å². The van der Waals surface area contributed by atoms with Crippen LogP contribution in [0.15, 0.2) is 35.3 Å². The fourth-order valence-corrected chi connectivity index (χ4v) is 6.42. The topological polar surface area (TPSA) is 75.6 Å². The van der Waals surface area contributed by atoms with E-state index in [0.717, 1.165) is 25.6 Å². The van der Waals surface area contributed by atoms with Gasteiger partial charge in [-0.25, -0.2) is 0 Å². The molecule has 2 bridgehead atoms. The van der Waals surface area contributed by atoms with E-state index in [4.69, 9.17) is 4.74 Å². The normalized spacial score (nSPS) is 24.9. The molecule has 0 radical (unpaired) electrons. The molecule has 0 spiro atoms. The molecular formula is C28H35F3N4O3. The van der Waals surface area contributed by atoms with Crippen molar-refractivity contribution >= 4 is 11.6 Å². The highest BCUT2D eigenvalue weighted by Gasteiger charge is 2.46. The Morgan fingerprint density at radius 3 is 2.50 bits per heavy atom. The maximum atomic E-state index is 13.7. The predicted molar refractivity (Wildman–Crippen MR) is 138 cm³/mol. The smallest absolute Gasteiger partial charge is 0.381 e. The van der Waals surface area contributed by atoms with Crippen LogP contribution in [-0.4, -0.2) is 54.8 Å². The number of ether oxygens (including phenoxy) is 1. The highest BCUT2D eigenvalue weighted by Crippen LogP contribution is 2.42. The largest absolute Gasteiger partial charge is 0.416 e. The van der Waals surface area contributed by atoms with Crippen molar-refractivity contribution in [2.24, 2.45) is 11.8 Å². The number of hydrogen-bond acceptors (Lipinski definition) is 5. The fraction of sp³-hybridized carbons (Fsp3) is 0.571. The number of nitrogens with zero attached hydrogens (tertiary/aromatic N) is 2. The molecule has 1 aromatic heterocycles. The van der Waals surface area contributed by atoms with Crippen molar-refractivity contribution in [1.82, 2.24) is 14.8 Å². The highest BCUT2D eigenvalue weighted by molar-refractivity contribution is 5.99.